The first-order chi connectivity index (χ1) is 11.7. The lowest BCUT2D eigenvalue weighted by molar-refractivity contribution is 0.0958. The quantitative estimate of drug-likeness (QED) is 0.879. The Morgan fingerprint density at radius 1 is 1.17 bits per heavy atom. The molecule has 0 aliphatic carbocycles. The van der Waals surface area contributed by atoms with Crippen molar-refractivity contribution in [3.8, 4) is 29.1 Å². The molecule has 0 radical (unpaired) electrons. The molecule has 2 aromatic carbocycles. The number of hydrogen-bond acceptors (Lipinski definition) is 4. The largest absolute Gasteiger partial charge is 0.481 e. The van der Waals surface area contributed by atoms with Crippen LogP contribution in [0.4, 0.5) is 0 Å². The smallest absolute Gasteiger partial charge is 0.252 e. The molecule has 0 spiro atoms. The zero-order chi connectivity index (χ0) is 16.8. The molecule has 0 saturated carbocycles. The molecule has 0 unspecified atom stereocenters. The van der Waals surface area contributed by atoms with Gasteiger partial charge in [-0.1, -0.05) is 30.0 Å². The van der Waals surface area contributed by atoms with E-state index in [0.717, 1.165) is 5.56 Å². The predicted octanol–water partition coefficient (Wildman–Crippen LogP) is 2.54. The molecule has 3 rings (SSSR count). The maximum atomic E-state index is 12.0. The van der Waals surface area contributed by atoms with Gasteiger partial charge in [-0.3, -0.25) is 4.79 Å². The van der Waals surface area contributed by atoms with E-state index in [9.17, 15) is 4.79 Å². The van der Waals surface area contributed by atoms with E-state index in [1.54, 1.807) is 24.3 Å². The summed E-state index contributed by atoms with van der Waals surface area (Å²) in [7, 11) is 0. The summed E-state index contributed by atoms with van der Waals surface area (Å²) in [6, 6.07) is 12.8. The van der Waals surface area contributed by atoms with E-state index in [0.29, 0.717) is 22.8 Å². The number of carbonyl (C=O) groups excluding carboxylic acids is 1. The number of amides is 1. The Morgan fingerprint density at radius 3 is 2.88 bits per heavy atom. The highest BCUT2D eigenvalue weighted by Crippen LogP contribution is 2.34. The lowest BCUT2D eigenvalue weighted by atomic mass is 10.1. The Hall–Kier alpha value is -3.13. The minimum Gasteiger partial charge on any atom is -0.481 e. The number of benzene rings is 2. The van der Waals surface area contributed by atoms with E-state index in [1.807, 2.05) is 25.1 Å². The summed E-state index contributed by atoms with van der Waals surface area (Å²) >= 11 is 0. The van der Waals surface area contributed by atoms with Crippen molar-refractivity contribution in [2.45, 2.75) is 6.92 Å². The third-order valence-electron chi connectivity index (χ3n) is 3.51. The number of rotatable bonds is 4. The predicted molar refractivity (Wildman–Crippen MR) is 89.3 cm³/mol. The van der Waals surface area contributed by atoms with Crippen LogP contribution in [-0.4, -0.2) is 25.9 Å². The second-order valence-electron chi connectivity index (χ2n) is 5.15. The lowest BCUT2D eigenvalue weighted by Crippen LogP contribution is -2.24. The van der Waals surface area contributed by atoms with Gasteiger partial charge in [0.25, 0.3) is 5.91 Å². The van der Waals surface area contributed by atoms with E-state index >= 15 is 0 Å². The summed E-state index contributed by atoms with van der Waals surface area (Å²) in [4.78, 5) is 12.0. The van der Waals surface area contributed by atoms with Gasteiger partial charge in [-0.25, -0.2) is 0 Å². The number of hydrogen-bond donors (Lipinski definition) is 1. The van der Waals surface area contributed by atoms with Crippen LogP contribution in [0.5, 0.6) is 17.2 Å². The maximum absolute atomic E-state index is 12.0. The molecule has 1 heterocycles. The number of carbonyl (C=O) groups is 1. The van der Waals surface area contributed by atoms with Crippen LogP contribution < -0.4 is 19.5 Å². The van der Waals surface area contributed by atoms with Crippen LogP contribution in [0.1, 0.15) is 15.9 Å². The third-order valence-corrected chi connectivity index (χ3v) is 3.51. The minimum absolute atomic E-state index is 0.126. The van der Waals surface area contributed by atoms with Crippen molar-refractivity contribution in [1.29, 1.82) is 0 Å². The minimum atomic E-state index is -0.126. The standard InChI is InChI=1S/C19H17NO4/c1-14-6-2-3-7-16(14)19(21)20-10-4-5-11-22-15-8-9-17-18(12-15)24-13-23-17/h2-3,6-9,12H,10-11,13H2,1H3,(H,20,21). The zero-order valence-electron chi connectivity index (χ0n) is 13.3. The van der Waals surface area contributed by atoms with Gasteiger partial charge >= 0.3 is 0 Å². The van der Waals surface area contributed by atoms with Crippen molar-refractivity contribution in [3.05, 3.63) is 53.6 Å². The lowest BCUT2D eigenvalue weighted by Gasteiger charge is -2.04. The van der Waals surface area contributed by atoms with Crippen molar-refractivity contribution < 1.29 is 19.0 Å². The molecule has 2 aromatic rings. The molecule has 24 heavy (non-hydrogen) atoms. The van der Waals surface area contributed by atoms with Crippen molar-refractivity contribution >= 4 is 5.91 Å². The molecule has 1 aliphatic heterocycles. The molecule has 0 bridgehead atoms. The van der Waals surface area contributed by atoms with Crippen molar-refractivity contribution in [3.63, 3.8) is 0 Å². The molecule has 0 aromatic heterocycles. The molecule has 1 N–H and O–H groups in total. The van der Waals surface area contributed by atoms with Crippen LogP contribution in [0.15, 0.2) is 42.5 Å². The summed E-state index contributed by atoms with van der Waals surface area (Å²) in [5.74, 6) is 7.66. The molecule has 5 nitrogen and oxygen atoms in total. The van der Waals surface area contributed by atoms with Crippen LogP contribution in [0.25, 0.3) is 0 Å². The molecule has 1 amide bonds. The van der Waals surface area contributed by atoms with E-state index in [4.69, 9.17) is 14.2 Å². The highest BCUT2D eigenvalue weighted by atomic mass is 16.7. The molecular weight excluding hydrogens is 306 g/mol. The Bertz CT molecular complexity index is 804. The van der Waals surface area contributed by atoms with Crippen molar-refractivity contribution in [1.82, 2.24) is 5.32 Å². The number of fused-ring (bicyclic) bond motifs is 1. The SMILES string of the molecule is Cc1ccccc1C(=O)NCC#CCOc1ccc2c(c1)OCO2. The number of ether oxygens (including phenoxy) is 3. The van der Waals surface area contributed by atoms with E-state index in [2.05, 4.69) is 17.2 Å². The molecule has 122 valence electrons. The second-order valence-corrected chi connectivity index (χ2v) is 5.15. The summed E-state index contributed by atoms with van der Waals surface area (Å²) < 4.78 is 16.0. The van der Waals surface area contributed by atoms with Gasteiger partial charge in [-0.05, 0) is 30.7 Å². The fourth-order valence-corrected chi connectivity index (χ4v) is 2.25. The number of aryl methyl sites for hydroxylation is 1. The third kappa shape index (κ3) is 3.79. The van der Waals surface area contributed by atoms with Crippen LogP contribution in [0.3, 0.4) is 0 Å². The Labute approximate surface area is 140 Å². The number of nitrogens with one attached hydrogen (secondary N) is 1. The van der Waals surface area contributed by atoms with Crippen LogP contribution in [-0.2, 0) is 0 Å². The zero-order valence-corrected chi connectivity index (χ0v) is 13.3. The summed E-state index contributed by atoms with van der Waals surface area (Å²) in [6.07, 6.45) is 0. The second kappa shape index (κ2) is 7.42. The van der Waals surface area contributed by atoms with E-state index < -0.39 is 0 Å². The Balaban J connectivity index is 1.44. The van der Waals surface area contributed by atoms with Crippen molar-refractivity contribution in [2.24, 2.45) is 0 Å². The van der Waals surface area contributed by atoms with Gasteiger partial charge in [0.1, 0.15) is 12.4 Å². The fourth-order valence-electron chi connectivity index (χ4n) is 2.25. The van der Waals surface area contributed by atoms with Gasteiger partial charge < -0.3 is 19.5 Å². The van der Waals surface area contributed by atoms with Crippen LogP contribution in [0, 0.1) is 18.8 Å². The molecule has 5 heteroatoms. The Morgan fingerprint density at radius 2 is 2.00 bits per heavy atom. The van der Waals surface area contributed by atoms with Gasteiger partial charge in [0.15, 0.2) is 11.5 Å². The van der Waals surface area contributed by atoms with Crippen LogP contribution in [0.2, 0.25) is 0 Å². The first kappa shape index (κ1) is 15.8. The van der Waals surface area contributed by atoms with Gasteiger partial charge in [0.2, 0.25) is 6.79 Å². The molecular formula is C19H17NO4. The van der Waals surface area contributed by atoms with Crippen molar-refractivity contribution in [2.75, 3.05) is 19.9 Å². The Kier molecular flexibility index (Phi) is 4.87. The molecule has 0 saturated heterocycles. The molecule has 0 fully saturated rings. The highest BCUT2D eigenvalue weighted by molar-refractivity contribution is 5.95. The average molecular weight is 323 g/mol. The van der Waals surface area contributed by atoms with Crippen LogP contribution >= 0.6 is 0 Å². The summed E-state index contributed by atoms with van der Waals surface area (Å²) in [6.45, 7) is 2.65. The summed E-state index contributed by atoms with van der Waals surface area (Å²) in [5, 5.41) is 2.77. The van der Waals surface area contributed by atoms with Gasteiger partial charge in [-0.15, -0.1) is 0 Å². The summed E-state index contributed by atoms with van der Waals surface area (Å²) in [5.41, 5.74) is 1.60. The average Bonchev–Trinajstić information content (AvgIpc) is 3.06. The fraction of sp³-hybridized carbons (Fsp3) is 0.211. The van der Waals surface area contributed by atoms with Gasteiger partial charge in [0, 0.05) is 11.6 Å². The van der Waals surface area contributed by atoms with Gasteiger partial charge in [0.05, 0.1) is 6.54 Å². The first-order valence-corrected chi connectivity index (χ1v) is 7.56. The first-order valence-electron chi connectivity index (χ1n) is 7.56. The monoisotopic (exact) mass is 323 g/mol. The molecule has 1 aliphatic rings. The normalized spacial score (nSPS) is 11.4. The van der Waals surface area contributed by atoms with E-state index in [-0.39, 0.29) is 25.9 Å². The highest BCUT2D eigenvalue weighted by Gasteiger charge is 2.13. The maximum Gasteiger partial charge on any atom is 0.252 e. The van der Waals surface area contributed by atoms with E-state index in [1.165, 1.54) is 0 Å². The van der Waals surface area contributed by atoms with Gasteiger partial charge in [-0.2, -0.15) is 0 Å². The topological polar surface area (TPSA) is 56.8 Å². The molecule has 0 atom stereocenters.